The minimum atomic E-state index is -3.44. The van der Waals surface area contributed by atoms with Crippen LogP contribution in [0.5, 0.6) is 5.75 Å². The molecule has 0 fully saturated rings. The van der Waals surface area contributed by atoms with E-state index in [1.54, 1.807) is 31.2 Å². The molecule has 2 aromatic rings. The highest BCUT2D eigenvalue weighted by Gasteiger charge is 2.20. The van der Waals surface area contributed by atoms with Crippen molar-refractivity contribution in [1.29, 1.82) is 0 Å². The summed E-state index contributed by atoms with van der Waals surface area (Å²) in [5.74, 6) is -0.112. The van der Waals surface area contributed by atoms with Gasteiger partial charge in [-0.1, -0.05) is 42.0 Å². The van der Waals surface area contributed by atoms with Crippen molar-refractivity contribution < 1.29 is 17.9 Å². The first-order chi connectivity index (χ1) is 10.9. The summed E-state index contributed by atoms with van der Waals surface area (Å²) in [6.45, 7) is 1.48. The number of anilines is 1. The van der Waals surface area contributed by atoms with Crippen molar-refractivity contribution >= 4 is 43.8 Å². The highest BCUT2D eigenvalue weighted by atomic mass is 35.5. The predicted molar refractivity (Wildman–Crippen MR) is 87.8 cm³/mol. The monoisotopic (exact) mass is 375 g/mol. The number of hydrogen-bond acceptors (Lipinski definition) is 7. The molecule has 1 amide bonds. The minimum Gasteiger partial charge on any atom is -0.482 e. The lowest BCUT2D eigenvalue weighted by molar-refractivity contribution is -0.118. The number of ether oxygens (including phenoxy) is 1. The minimum absolute atomic E-state index is 0.00873. The number of benzene rings is 1. The fourth-order valence-electron chi connectivity index (χ4n) is 1.60. The van der Waals surface area contributed by atoms with Crippen LogP contribution >= 0.6 is 22.9 Å². The Hall–Kier alpha value is -1.71. The Balaban J connectivity index is 1.94. The Labute approximate surface area is 142 Å². The zero-order valence-corrected chi connectivity index (χ0v) is 14.5. The number of sulfone groups is 1. The van der Waals surface area contributed by atoms with Crippen molar-refractivity contribution in [1.82, 2.24) is 10.2 Å². The van der Waals surface area contributed by atoms with Crippen LogP contribution in [-0.4, -0.2) is 36.9 Å². The lowest BCUT2D eigenvalue weighted by Gasteiger charge is -2.06. The van der Waals surface area contributed by atoms with Gasteiger partial charge in [-0.2, -0.15) is 0 Å². The maximum absolute atomic E-state index is 11.8. The number of aromatic nitrogens is 2. The zero-order chi connectivity index (χ0) is 16.9. The molecule has 0 atom stereocenters. The number of carbonyl (C=O) groups is 1. The van der Waals surface area contributed by atoms with Gasteiger partial charge < -0.3 is 4.74 Å². The molecule has 10 heteroatoms. The summed E-state index contributed by atoms with van der Waals surface area (Å²) in [6.07, 6.45) is 0.481. The maximum atomic E-state index is 11.8. The molecule has 1 aromatic carbocycles. The summed E-state index contributed by atoms with van der Waals surface area (Å²) >= 11 is 6.72. The first kappa shape index (κ1) is 17.6. The van der Waals surface area contributed by atoms with E-state index in [1.165, 1.54) is 0 Å². The Morgan fingerprint density at radius 2 is 2.09 bits per heavy atom. The van der Waals surface area contributed by atoms with Gasteiger partial charge in [-0.05, 0) is 18.6 Å². The number of para-hydroxylation sites is 1. The highest BCUT2D eigenvalue weighted by molar-refractivity contribution is 7.93. The smallest absolute Gasteiger partial charge is 0.264 e. The number of carbonyl (C=O) groups excluding carboxylic acids is 1. The maximum Gasteiger partial charge on any atom is 0.264 e. The van der Waals surface area contributed by atoms with E-state index in [1.807, 2.05) is 0 Å². The van der Waals surface area contributed by atoms with Crippen molar-refractivity contribution in [2.45, 2.75) is 17.7 Å². The fourth-order valence-corrected chi connectivity index (χ4v) is 4.16. The Kier molecular flexibility index (Phi) is 5.91. The van der Waals surface area contributed by atoms with Crippen molar-refractivity contribution in [3.8, 4) is 5.75 Å². The third kappa shape index (κ3) is 4.88. The largest absolute Gasteiger partial charge is 0.482 e. The van der Waals surface area contributed by atoms with Gasteiger partial charge in [-0.25, -0.2) is 8.42 Å². The molecule has 0 aliphatic heterocycles. The molecular formula is C13H14ClN3O4S2. The van der Waals surface area contributed by atoms with Crippen molar-refractivity contribution in [3.05, 3.63) is 29.3 Å². The predicted octanol–water partition coefficient (Wildman–Crippen LogP) is 2.39. The summed E-state index contributed by atoms with van der Waals surface area (Å²) in [7, 11) is -3.44. The van der Waals surface area contributed by atoms with Crippen molar-refractivity contribution in [3.63, 3.8) is 0 Å². The van der Waals surface area contributed by atoms with Gasteiger partial charge in [0.15, 0.2) is 6.61 Å². The summed E-state index contributed by atoms with van der Waals surface area (Å²) in [5.41, 5.74) is 0. The molecule has 23 heavy (non-hydrogen) atoms. The van der Waals surface area contributed by atoms with Crippen LogP contribution in [0.4, 0.5) is 5.13 Å². The van der Waals surface area contributed by atoms with Gasteiger partial charge in [-0.15, -0.1) is 10.2 Å². The van der Waals surface area contributed by atoms with Gasteiger partial charge in [0.2, 0.25) is 19.3 Å². The molecule has 0 aliphatic carbocycles. The van der Waals surface area contributed by atoms with Crippen LogP contribution in [-0.2, 0) is 14.6 Å². The first-order valence-corrected chi connectivity index (χ1v) is 9.50. The average molecular weight is 376 g/mol. The lowest BCUT2D eigenvalue weighted by atomic mass is 10.3. The van der Waals surface area contributed by atoms with Gasteiger partial charge in [0.05, 0.1) is 10.8 Å². The van der Waals surface area contributed by atoms with E-state index in [2.05, 4.69) is 15.5 Å². The third-order valence-electron chi connectivity index (χ3n) is 2.59. The first-order valence-electron chi connectivity index (χ1n) is 6.66. The molecule has 7 nitrogen and oxygen atoms in total. The highest BCUT2D eigenvalue weighted by Crippen LogP contribution is 2.24. The topological polar surface area (TPSA) is 98.3 Å². The van der Waals surface area contributed by atoms with Gasteiger partial charge in [-0.3, -0.25) is 10.1 Å². The molecule has 0 saturated heterocycles. The van der Waals surface area contributed by atoms with Gasteiger partial charge in [0, 0.05) is 0 Å². The van der Waals surface area contributed by atoms with E-state index in [4.69, 9.17) is 16.3 Å². The Morgan fingerprint density at radius 1 is 1.35 bits per heavy atom. The van der Waals surface area contributed by atoms with Crippen LogP contribution in [0.15, 0.2) is 28.6 Å². The standard InChI is InChI=1S/C13H14ClN3O4S2/c1-2-7-23(19,20)13-17-16-12(22-13)15-11(18)8-21-10-6-4-3-5-9(10)14/h3-6H,2,7-8H2,1H3,(H,15,16,18). The van der Waals surface area contributed by atoms with Crippen LogP contribution in [0, 0.1) is 0 Å². The van der Waals surface area contributed by atoms with E-state index >= 15 is 0 Å². The molecule has 0 radical (unpaired) electrons. The van der Waals surface area contributed by atoms with E-state index < -0.39 is 15.7 Å². The quantitative estimate of drug-likeness (QED) is 0.746. The lowest BCUT2D eigenvalue weighted by Crippen LogP contribution is -2.20. The van der Waals surface area contributed by atoms with Crippen LogP contribution in [0.1, 0.15) is 13.3 Å². The van der Waals surface area contributed by atoms with E-state index in [0.717, 1.165) is 11.3 Å². The van der Waals surface area contributed by atoms with E-state index in [0.29, 0.717) is 17.2 Å². The van der Waals surface area contributed by atoms with Gasteiger partial charge in [0.1, 0.15) is 5.75 Å². The number of nitrogens with zero attached hydrogens (tertiary/aromatic N) is 2. The molecule has 124 valence electrons. The second-order valence-electron chi connectivity index (χ2n) is 4.46. The van der Waals surface area contributed by atoms with Gasteiger partial charge in [0.25, 0.3) is 5.91 Å². The number of halogens is 1. The molecule has 0 aliphatic rings. The number of nitrogens with one attached hydrogen (secondary N) is 1. The van der Waals surface area contributed by atoms with Crippen LogP contribution in [0.3, 0.4) is 0 Å². The van der Waals surface area contributed by atoms with Crippen LogP contribution in [0.2, 0.25) is 5.02 Å². The molecule has 0 saturated carbocycles. The van der Waals surface area contributed by atoms with Gasteiger partial charge >= 0.3 is 0 Å². The fraction of sp³-hybridized carbons (Fsp3) is 0.308. The number of amides is 1. The van der Waals surface area contributed by atoms with Crippen LogP contribution < -0.4 is 10.1 Å². The Bertz CT molecular complexity index is 792. The molecule has 0 unspecified atom stereocenters. The normalized spacial score (nSPS) is 11.2. The molecular weight excluding hydrogens is 362 g/mol. The second kappa shape index (κ2) is 7.71. The molecule has 1 aromatic heterocycles. The van der Waals surface area contributed by atoms with Crippen molar-refractivity contribution in [2.75, 3.05) is 17.7 Å². The summed E-state index contributed by atoms with van der Waals surface area (Å²) in [4.78, 5) is 11.8. The molecule has 0 bridgehead atoms. The van der Waals surface area contributed by atoms with E-state index in [-0.39, 0.29) is 21.8 Å². The molecule has 1 heterocycles. The molecule has 0 spiro atoms. The summed E-state index contributed by atoms with van der Waals surface area (Å²) < 4.78 is 28.8. The SMILES string of the molecule is CCCS(=O)(=O)c1nnc(NC(=O)COc2ccccc2Cl)s1. The second-order valence-corrected chi connectivity index (χ2v) is 8.13. The Morgan fingerprint density at radius 3 is 2.78 bits per heavy atom. The molecule has 2 rings (SSSR count). The summed E-state index contributed by atoms with van der Waals surface area (Å²) in [6, 6.07) is 6.75. The zero-order valence-electron chi connectivity index (χ0n) is 12.2. The number of rotatable bonds is 7. The third-order valence-corrected chi connectivity index (χ3v) is 6.10. The van der Waals surface area contributed by atoms with Crippen LogP contribution in [0.25, 0.3) is 0 Å². The molecule has 1 N–H and O–H groups in total. The average Bonchev–Trinajstić information content (AvgIpc) is 2.96. The summed E-state index contributed by atoms with van der Waals surface area (Å²) in [5, 5.41) is 10.2. The number of hydrogen-bond donors (Lipinski definition) is 1. The van der Waals surface area contributed by atoms with E-state index in [9.17, 15) is 13.2 Å². The van der Waals surface area contributed by atoms with Crippen molar-refractivity contribution in [2.24, 2.45) is 0 Å².